The highest BCUT2D eigenvalue weighted by Crippen LogP contribution is 2.28. The lowest BCUT2D eigenvalue weighted by atomic mass is 10.1. The van der Waals surface area contributed by atoms with Gasteiger partial charge in [0.05, 0.1) is 7.11 Å². The first-order valence-corrected chi connectivity index (χ1v) is 10.4. The van der Waals surface area contributed by atoms with E-state index in [2.05, 4.69) is 36.8 Å². The minimum atomic E-state index is -0.481. The fraction of sp³-hybridized carbons (Fsp3) is 0.727. The third-order valence-electron chi connectivity index (χ3n) is 5.12. The van der Waals surface area contributed by atoms with E-state index in [1.54, 1.807) is 7.11 Å². The number of methoxy groups -OCH3 is 1. The molecule has 0 aromatic heterocycles. The van der Waals surface area contributed by atoms with Crippen molar-refractivity contribution >= 4 is 0 Å². The van der Waals surface area contributed by atoms with Crippen molar-refractivity contribution in [2.24, 2.45) is 5.92 Å². The molecule has 0 spiro atoms. The van der Waals surface area contributed by atoms with Crippen LogP contribution in [0.15, 0.2) is 18.2 Å². The van der Waals surface area contributed by atoms with E-state index in [-0.39, 0.29) is 0 Å². The van der Waals surface area contributed by atoms with E-state index in [4.69, 9.17) is 9.47 Å². The van der Waals surface area contributed by atoms with Crippen LogP contribution in [0, 0.1) is 5.92 Å². The van der Waals surface area contributed by atoms with Crippen molar-refractivity contribution in [3.63, 3.8) is 0 Å². The SMILES string of the molecule is COc1ccc(CN(C)CCC(C)C)cc1OC[C@H](O)CN1CCCCC1. The first-order chi connectivity index (χ1) is 13.0. The van der Waals surface area contributed by atoms with Crippen LogP contribution in [0.5, 0.6) is 11.5 Å². The molecule has 1 heterocycles. The normalized spacial score (nSPS) is 16.7. The number of benzene rings is 1. The second-order valence-electron chi connectivity index (χ2n) is 8.23. The minimum Gasteiger partial charge on any atom is -0.493 e. The van der Waals surface area contributed by atoms with Crippen molar-refractivity contribution in [1.29, 1.82) is 0 Å². The van der Waals surface area contributed by atoms with Gasteiger partial charge in [-0.1, -0.05) is 26.3 Å². The lowest BCUT2D eigenvalue weighted by molar-refractivity contribution is 0.0608. The van der Waals surface area contributed by atoms with E-state index >= 15 is 0 Å². The molecule has 1 aromatic rings. The van der Waals surface area contributed by atoms with Gasteiger partial charge in [-0.15, -0.1) is 0 Å². The Kier molecular flexibility index (Phi) is 9.39. The standard InChI is InChI=1S/C22H38N2O3/c1-18(2)10-13-23(3)15-19-8-9-21(26-4)22(14-19)27-17-20(25)16-24-11-6-5-7-12-24/h8-9,14,18,20,25H,5-7,10-13,15-17H2,1-4H3/t20-/m1/s1. The molecule has 154 valence electrons. The van der Waals surface area contributed by atoms with Gasteiger partial charge in [-0.2, -0.15) is 0 Å². The van der Waals surface area contributed by atoms with Crippen LogP contribution >= 0.6 is 0 Å². The fourth-order valence-electron chi connectivity index (χ4n) is 3.48. The highest BCUT2D eigenvalue weighted by molar-refractivity contribution is 5.43. The summed E-state index contributed by atoms with van der Waals surface area (Å²) < 4.78 is 11.4. The summed E-state index contributed by atoms with van der Waals surface area (Å²) in [4.78, 5) is 4.66. The Morgan fingerprint density at radius 1 is 1.15 bits per heavy atom. The molecule has 2 rings (SSSR count). The molecule has 5 nitrogen and oxygen atoms in total. The number of hydrogen-bond acceptors (Lipinski definition) is 5. The van der Waals surface area contributed by atoms with Gasteiger partial charge in [0.25, 0.3) is 0 Å². The largest absolute Gasteiger partial charge is 0.493 e. The Balaban J connectivity index is 1.87. The topological polar surface area (TPSA) is 45.2 Å². The first kappa shape index (κ1) is 22.0. The van der Waals surface area contributed by atoms with Crippen LogP contribution in [0.1, 0.15) is 45.1 Å². The summed E-state index contributed by atoms with van der Waals surface area (Å²) in [6, 6.07) is 6.08. The van der Waals surface area contributed by atoms with E-state index in [9.17, 15) is 5.11 Å². The Hall–Kier alpha value is -1.30. The van der Waals surface area contributed by atoms with E-state index < -0.39 is 6.10 Å². The second-order valence-corrected chi connectivity index (χ2v) is 8.23. The van der Waals surface area contributed by atoms with Crippen molar-refractivity contribution in [3.8, 4) is 11.5 Å². The molecule has 0 aliphatic carbocycles. The van der Waals surface area contributed by atoms with Crippen molar-refractivity contribution in [1.82, 2.24) is 9.80 Å². The van der Waals surface area contributed by atoms with Crippen LogP contribution < -0.4 is 9.47 Å². The molecule has 1 N–H and O–H groups in total. The lowest BCUT2D eigenvalue weighted by Gasteiger charge is -2.28. The van der Waals surface area contributed by atoms with Gasteiger partial charge in [-0.3, -0.25) is 0 Å². The number of β-amino-alcohol motifs (C(OH)–C–C–N with tert-alkyl or cyclic N) is 1. The zero-order valence-corrected chi connectivity index (χ0v) is 17.6. The Morgan fingerprint density at radius 2 is 1.89 bits per heavy atom. The van der Waals surface area contributed by atoms with Crippen LogP contribution in [0.2, 0.25) is 0 Å². The monoisotopic (exact) mass is 378 g/mol. The van der Waals surface area contributed by atoms with Crippen molar-refractivity contribution in [2.45, 2.75) is 52.2 Å². The van der Waals surface area contributed by atoms with E-state index in [1.807, 2.05) is 12.1 Å². The van der Waals surface area contributed by atoms with Crippen molar-refractivity contribution in [2.75, 3.05) is 46.9 Å². The summed E-state index contributed by atoms with van der Waals surface area (Å²) in [6.07, 6.45) is 4.48. The smallest absolute Gasteiger partial charge is 0.161 e. The molecule has 0 saturated carbocycles. The molecule has 1 aliphatic heterocycles. The van der Waals surface area contributed by atoms with Crippen molar-refractivity contribution in [3.05, 3.63) is 23.8 Å². The average molecular weight is 379 g/mol. The maximum Gasteiger partial charge on any atom is 0.161 e. The van der Waals surface area contributed by atoms with Crippen LogP contribution in [-0.2, 0) is 6.54 Å². The fourth-order valence-corrected chi connectivity index (χ4v) is 3.48. The maximum absolute atomic E-state index is 10.3. The number of hydrogen-bond donors (Lipinski definition) is 1. The number of likely N-dealkylation sites (tertiary alicyclic amines) is 1. The highest BCUT2D eigenvalue weighted by Gasteiger charge is 2.16. The number of aliphatic hydroxyl groups is 1. The molecule has 1 aliphatic rings. The van der Waals surface area contributed by atoms with Gasteiger partial charge in [0.15, 0.2) is 11.5 Å². The average Bonchev–Trinajstić information content (AvgIpc) is 2.65. The first-order valence-electron chi connectivity index (χ1n) is 10.4. The Bertz CT molecular complexity index is 544. The van der Waals surface area contributed by atoms with Gasteiger partial charge in [0.1, 0.15) is 12.7 Å². The van der Waals surface area contributed by atoms with E-state index in [1.165, 1.54) is 31.2 Å². The molecule has 0 bridgehead atoms. The summed E-state index contributed by atoms with van der Waals surface area (Å²) in [7, 11) is 3.80. The van der Waals surface area contributed by atoms with E-state index in [0.29, 0.717) is 30.6 Å². The molecule has 27 heavy (non-hydrogen) atoms. The maximum atomic E-state index is 10.3. The molecule has 1 fully saturated rings. The Morgan fingerprint density at radius 3 is 2.56 bits per heavy atom. The highest BCUT2D eigenvalue weighted by atomic mass is 16.5. The summed E-state index contributed by atoms with van der Waals surface area (Å²) in [5.74, 6) is 2.14. The number of nitrogens with zero attached hydrogens (tertiary/aromatic N) is 2. The van der Waals surface area contributed by atoms with Crippen LogP contribution in [0.25, 0.3) is 0 Å². The molecule has 1 saturated heterocycles. The molecular weight excluding hydrogens is 340 g/mol. The number of ether oxygens (including phenoxy) is 2. The quantitative estimate of drug-likeness (QED) is 0.639. The Labute approximate surface area is 165 Å². The predicted octanol–water partition coefficient (Wildman–Crippen LogP) is 3.40. The second kappa shape index (κ2) is 11.5. The van der Waals surface area contributed by atoms with Gasteiger partial charge in [-0.05, 0) is 69.6 Å². The minimum absolute atomic E-state index is 0.291. The number of piperidine rings is 1. The van der Waals surface area contributed by atoms with E-state index in [0.717, 1.165) is 26.2 Å². The molecular formula is C22H38N2O3. The summed E-state index contributed by atoms with van der Waals surface area (Å²) in [5, 5.41) is 10.3. The zero-order valence-electron chi connectivity index (χ0n) is 17.6. The van der Waals surface area contributed by atoms with Crippen molar-refractivity contribution < 1.29 is 14.6 Å². The molecule has 1 aromatic carbocycles. The molecule has 0 radical (unpaired) electrons. The molecule has 5 heteroatoms. The zero-order chi connectivity index (χ0) is 19.6. The molecule has 0 amide bonds. The predicted molar refractivity (Wildman–Crippen MR) is 111 cm³/mol. The van der Waals surface area contributed by atoms with Crippen LogP contribution in [-0.4, -0.2) is 68.0 Å². The molecule has 1 atom stereocenters. The summed E-state index contributed by atoms with van der Waals surface area (Å²) in [6.45, 7) is 9.60. The van der Waals surface area contributed by atoms with Gasteiger partial charge in [0, 0.05) is 13.1 Å². The van der Waals surface area contributed by atoms with Gasteiger partial charge in [-0.25, -0.2) is 0 Å². The van der Waals surface area contributed by atoms with Gasteiger partial charge >= 0.3 is 0 Å². The summed E-state index contributed by atoms with van der Waals surface area (Å²) >= 11 is 0. The number of aliphatic hydroxyl groups excluding tert-OH is 1. The van der Waals surface area contributed by atoms with Crippen LogP contribution in [0.3, 0.4) is 0 Å². The third-order valence-corrected chi connectivity index (χ3v) is 5.12. The number of rotatable bonds is 11. The summed E-state index contributed by atoms with van der Waals surface area (Å²) in [5.41, 5.74) is 1.20. The van der Waals surface area contributed by atoms with Gasteiger partial charge < -0.3 is 24.4 Å². The third kappa shape index (κ3) is 8.08. The van der Waals surface area contributed by atoms with Gasteiger partial charge in [0.2, 0.25) is 0 Å². The lowest BCUT2D eigenvalue weighted by Crippen LogP contribution is -2.38. The molecule has 0 unspecified atom stereocenters. The van der Waals surface area contributed by atoms with Crippen LogP contribution in [0.4, 0.5) is 0 Å².